The molecule has 0 fully saturated rings. The summed E-state index contributed by atoms with van der Waals surface area (Å²) in [5, 5.41) is 8.63. The molecule has 2 nitrogen and oxygen atoms in total. The van der Waals surface area contributed by atoms with Gasteiger partial charge in [0.1, 0.15) is 5.76 Å². The van der Waals surface area contributed by atoms with Gasteiger partial charge in [-0.2, -0.15) is 0 Å². The first-order chi connectivity index (χ1) is 6.88. The molecule has 1 N–H and O–H groups in total. The molecule has 1 atom stereocenters. The largest absolute Gasteiger partial charge is 0.490 e. The molecule has 2 aliphatic rings. The highest BCUT2D eigenvalue weighted by Gasteiger charge is 2.18. The van der Waals surface area contributed by atoms with Crippen LogP contribution in [-0.4, -0.2) is 18.3 Å². The van der Waals surface area contributed by atoms with Crippen molar-refractivity contribution in [3.05, 3.63) is 29.2 Å². The Morgan fingerprint density at radius 3 is 3.21 bits per heavy atom. The highest BCUT2D eigenvalue weighted by molar-refractivity contribution is 5.21. The SMILES string of the molecule is OCCCOC1=C=C2CC=CC(C2)C1. The maximum atomic E-state index is 8.63. The third kappa shape index (κ3) is 2.28. The van der Waals surface area contributed by atoms with Gasteiger partial charge in [-0.3, -0.25) is 0 Å². The van der Waals surface area contributed by atoms with E-state index in [1.54, 1.807) is 0 Å². The molecule has 76 valence electrons. The summed E-state index contributed by atoms with van der Waals surface area (Å²) >= 11 is 0. The zero-order valence-corrected chi connectivity index (χ0v) is 8.33. The van der Waals surface area contributed by atoms with Gasteiger partial charge in [-0.1, -0.05) is 17.9 Å². The van der Waals surface area contributed by atoms with Crippen molar-refractivity contribution in [2.75, 3.05) is 13.2 Å². The molecule has 2 rings (SSSR count). The van der Waals surface area contributed by atoms with E-state index in [-0.39, 0.29) is 6.61 Å². The highest BCUT2D eigenvalue weighted by atomic mass is 16.5. The quantitative estimate of drug-likeness (QED) is 0.420. The fraction of sp³-hybridized carbons (Fsp3) is 0.583. The Bertz CT molecular complexity index is 295. The molecule has 2 heteroatoms. The van der Waals surface area contributed by atoms with Crippen molar-refractivity contribution in [3.8, 4) is 0 Å². The summed E-state index contributed by atoms with van der Waals surface area (Å²) in [6.07, 6.45) is 8.37. The Morgan fingerprint density at radius 2 is 2.43 bits per heavy atom. The summed E-state index contributed by atoms with van der Waals surface area (Å²) in [5.41, 5.74) is 4.69. The van der Waals surface area contributed by atoms with Gasteiger partial charge in [-0.05, 0) is 24.3 Å². The van der Waals surface area contributed by atoms with Crippen LogP contribution in [0.4, 0.5) is 0 Å². The second kappa shape index (κ2) is 4.50. The number of rotatable bonds is 4. The maximum absolute atomic E-state index is 8.63. The van der Waals surface area contributed by atoms with E-state index in [4.69, 9.17) is 9.84 Å². The van der Waals surface area contributed by atoms with Crippen molar-refractivity contribution >= 4 is 0 Å². The molecule has 2 aliphatic carbocycles. The Kier molecular flexibility index (Phi) is 3.07. The van der Waals surface area contributed by atoms with Crippen molar-refractivity contribution in [1.82, 2.24) is 0 Å². The van der Waals surface area contributed by atoms with E-state index in [0.717, 1.165) is 25.0 Å². The Morgan fingerprint density at radius 1 is 1.50 bits per heavy atom. The molecule has 0 saturated heterocycles. The van der Waals surface area contributed by atoms with Crippen LogP contribution >= 0.6 is 0 Å². The molecule has 0 spiro atoms. The van der Waals surface area contributed by atoms with Crippen LogP contribution in [0.1, 0.15) is 25.7 Å². The van der Waals surface area contributed by atoms with Gasteiger partial charge in [-0.15, -0.1) is 0 Å². The number of allylic oxidation sites excluding steroid dienone is 3. The molecule has 0 saturated carbocycles. The Labute approximate surface area is 84.6 Å². The molecule has 1 unspecified atom stereocenters. The lowest BCUT2D eigenvalue weighted by atomic mass is 9.86. The average Bonchev–Trinajstić information content (AvgIpc) is 2.18. The smallest absolute Gasteiger partial charge is 0.139 e. The molecule has 0 amide bonds. The van der Waals surface area contributed by atoms with Crippen molar-refractivity contribution in [2.45, 2.75) is 25.7 Å². The van der Waals surface area contributed by atoms with Gasteiger partial charge < -0.3 is 9.84 Å². The van der Waals surface area contributed by atoms with Gasteiger partial charge in [0.05, 0.1) is 6.61 Å². The van der Waals surface area contributed by atoms with Crippen LogP contribution < -0.4 is 0 Å². The minimum atomic E-state index is 0.202. The molecule has 0 heterocycles. The van der Waals surface area contributed by atoms with Crippen LogP contribution in [0, 0.1) is 5.92 Å². The molecular formula is C12H16O2. The number of hydrogen-bond acceptors (Lipinski definition) is 2. The van der Waals surface area contributed by atoms with Gasteiger partial charge >= 0.3 is 0 Å². The first-order valence-corrected chi connectivity index (χ1v) is 5.26. The van der Waals surface area contributed by atoms with Gasteiger partial charge in [0, 0.05) is 19.4 Å². The Hall–Kier alpha value is -0.980. The van der Waals surface area contributed by atoms with Crippen molar-refractivity contribution < 1.29 is 9.84 Å². The molecular weight excluding hydrogens is 176 g/mol. The fourth-order valence-corrected chi connectivity index (χ4v) is 1.95. The van der Waals surface area contributed by atoms with E-state index in [2.05, 4.69) is 17.9 Å². The van der Waals surface area contributed by atoms with Crippen LogP contribution in [0.15, 0.2) is 29.2 Å². The standard InChI is InChI=1S/C12H16O2/c13-5-2-6-14-12-8-10-3-1-4-11(7-10)9-12/h1,3,10,13H,2,4-8H2. The first-order valence-electron chi connectivity index (χ1n) is 5.26. The summed E-state index contributed by atoms with van der Waals surface area (Å²) < 4.78 is 5.55. The van der Waals surface area contributed by atoms with Crippen LogP contribution in [0.25, 0.3) is 0 Å². The number of aliphatic hydroxyl groups excluding tert-OH is 1. The molecule has 0 aromatic rings. The summed E-state index contributed by atoms with van der Waals surface area (Å²) in [5.74, 6) is 1.61. The summed E-state index contributed by atoms with van der Waals surface area (Å²) in [6.45, 7) is 0.815. The van der Waals surface area contributed by atoms with E-state index in [1.165, 1.54) is 5.57 Å². The number of hydrogen-bond donors (Lipinski definition) is 1. The second-order valence-electron chi connectivity index (χ2n) is 3.88. The van der Waals surface area contributed by atoms with E-state index >= 15 is 0 Å². The summed E-state index contributed by atoms with van der Waals surface area (Å²) in [4.78, 5) is 0. The van der Waals surface area contributed by atoms with Crippen LogP contribution in [0.3, 0.4) is 0 Å². The molecule has 0 aromatic carbocycles. The number of aliphatic hydroxyl groups is 1. The zero-order valence-electron chi connectivity index (χ0n) is 8.33. The predicted molar refractivity (Wildman–Crippen MR) is 54.7 cm³/mol. The lowest BCUT2D eigenvalue weighted by Crippen LogP contribution is -2.10. The van der Waals surface area contributed by atoms with E-state index in [0.29, 0.717) is 18.9 Å². The zero-order chi connectivity index (χ0) is 9.80. The van der Waals surface area contributed by atoms with Crippen LogP contribution in [0.5, 0.6) is 0 Å². The third-order valence-electron chi connectivity index (χ3n) is 2.62. The van der Waals surface area contributed by atoms with Crippen molar-refractivity contribution in [3.63, 3.8) is 0 Å². The minimum absolute atomic E-state index is 0.202. The fourth-order valence-electron chi connectivity index (χ4n) is 1.95. The lowest BCUT2D eigenvalue weighted by molar-refractivity contribution is 0.164. The molecule has 2 bridgehead atoms. The monoisotopic (exact) mass is 192 g/mol. The van der Waals surface area contributed by atoms with Crippen LogP contribution in [0.2, 0.25) is 0 Å². The van der Waals surface area contributed by atoms with E-state index in [1.807, 2.05) is 0 Å². The lowest BCUT2D eigenvalue weighted by Gasteiger charge is -2.23. The van der Waals surface area contributed by atoms with Crippen molar-refractivity contribution in [1.29, 1.82) is 0 Å². The number of ether oxygens (including phenoxy) is 1. The molecule has 0 aromatic heterocycles. The third-order valence-corrected chi connectivity index (χ3v) is 2.62. The molecule has 0 radical (unpaired) electrons. The van der Waals surface area contributed by atoms with Crippen molar-refractivity contribution in [2.24, 2.45) is 5.92 Å². The van der Waals surface area contributed by atoms with Gasteiger partial charge in [0.15, 0.2) is 0 Å². The topological polar surface area (TPSA) is 29.5 Å². The molecule has 0 aliphatic heterocycles. The number of fused-ring (bicyclic) bond motifs is 2. The molecule has 14 heavy (non-hydrogen) atoms. The average molecular weight is 192 g/mol. The Balaban J connectivity index is 1.96. The van der Waals surface area contributed by atoms with Crippen LogP contribution in [-0.2, 0) is 4.74 Å². The van der Waals surface area contributed by atoms with Gasteiger partial charge in [0.25, 0.3) is 0 Å². The van der Waals surface area contributed by atoms with E-state index < -0.39 is 0 Å². The summed E-state index contributed by atoms with van der Waals surface area (Å²) in [7, 11) is 0. The van der Waals surface area contributed by atoms with Gasteiger partial charge in [0.2, 0.25) is 0 Å². The second-order valence-corrected chi connectivity index (χ2v) is 3.88. The predicted octanol–water partition coefficient (Wildman–Crippen LogP) is 2.16. The maximum Gasteiger partial charge on any atom is 0.139 e. The summed E-state index contributed by atoms with van der Waals surface area (Å²) in [6, 6.07) is 0. The minimum Gasteiger partial charge on any atom is -0.490 e. The highest BCUT2D eigenvalue weighted by Crippen LogP contribution is 2.31. The first kappa shape index (κ1) is 9.57. The van der Waals surface area contributed by atoms with Gasteiger partial charge in [-0.25, -0.2) is 0 Å². The normalized spacial score (nSPS) is 24.2. The van der Waals surface area contributed by atoms with E-state index in [9.17, 15) is 0 Å².